The minimum atomic E-state index is -0.115. The van der Waals surface area contributed by atoms with E-state index in [1.165, 1.54) is 6.26 Å². The standard InChI is InChI=1S/C10H14N2O2/c1-2-12-6-8(7-12)11-10(13)9-4-3-5-14-9/h3-5,8H,2,6-7H2,1H3,(H,11,13). The van der Waals surface area contributed by atoms with Gasteiger partial charge in [-0.15, -0.1) is 0 Å². The van der Waals surface area contributed by atoms with E-state index < -0.39 is 0 Å². The van der Waals surface area contributed by atoms with E-state index in [0.717, 1.165) is 19.6 Å². The first-order chi connectivity index (χ1) is 6.79. The average molecular weight is 194 g/mol. The number of nitrogens with one attached hydrogen (secondary N) is 1. The van der Waals surface area contributed by atoms with Crippen LogP contribution in [0, 0.1) is 0 Å². The van der Waals surface area contributed by atoms with E-state index in [4.69, 9.17) is 4.42 Å². The molecule has 2 rings (SSSR count). The first-order valence-corrected chi connectivity index (χ1v) is 4.86. The Morgan fingerprint density at radius 3 is 3.07 bits per heavy atom. The largest absolute Gasteiger partial charge is 0.459 e. The number of amides is 1. The Balaban J connectivity index is 1.80. The van der Waals surface area contributed by atoms with Crippen LogP contribution in [0.15, 0.2) is 22.8 Å². The zero-order chi connectivity index (χ0) is 9.97. The molecule has 0 aromatic carbocycles. The third kappa shape index (κ3) is 1.80. The number of hydrogen-bond acceptors (Lipinski definition) is 3. The number of rotatable bonds is 3. The predicted molar refractivity (Wildman–Crippen MR) is 52.1 cm³/mol. The van der Waals surface area contributed by atoms with Crippen LogP contribution in [0.2, 0.25) is 0 Å². The second kappa shape index (κ2) is 3.84. The Morgan fingerprint density at radius 2 is 2.50 bits per heavy atom. The van der Waals surface area contributed by atoms with E-state index in [0.29, 0.717) is 5.76 Å². The van der Waals surface area contributed by atoms with E-state index in [1.807, 2.05) is 0 Å². The summed E-state index contributed by atoms with van der Waals surface area (Å²) in [4.78, 5) is 13.8. The predicted octanol–water partition coefficient (Wildman–Crippen LogP) is 0.713. The van der Waals surface area contributed by atoms with Crippen molar-refractivity contribution in [3.8, 4) is 0 Å². The monoisotopic (exact) mass is 194 g/mol. The van der Waals surface area contributed by atoms with Crippen molar-refractivity contribution in [2.75, 3.05) is 19.6 Å². The molecule has 0 saturated carbocycles. The van der Waals surface area contributed by atoms with Crippen molar-refractivity contribution in [2.24, 2.45) is 0 Å². The number of likely N-dealkylation sites (tertiary alicyclic amines) is 1. The van der Waals surface area contributed by atoms with E-state index >= 15 is 0 Å². The number of carbonyl (C=O) groups excluding carboxylic acids is 1. The topological polar surface area (TPSA) is 45.5 Å². The lowest BCUT2D eigenvalue weighted by Gasteiger charge is -2.38. The molecule has 1 aromatic rings. The molecule has 0 radical (unpaired) electrons. The summed E-state index contributed by atoms with van der Waals surface area (Å²) in [7, 11) is 0. The number of nitrogens with zero attached hydrogens (tertiary/aromatic N) is 1. The molecule has 0 spiro atoms. The van der Waals surface area contributed by atoms with Gasteiger partial charge in [0.25, 0.3) is 5.91 Å². The van der Waals surface area contributed by atoms with Gasteiger partial charge in [-0.05, 0) is 18.7 Å². The zero-order valence-electron chi connectivity index (χ0n) is 8.19. The van der Waals surface area contributed by atoms with Gasteiger partial charge in [-0.2, -0.15) is 0 Å². The fourth-order valence-electron chi connectivity index (χ4n) is 1.58. The summed E-state index contributed by atoms with van der Waals surface area (Å²) in [6.45, 7) is 5.06. The molecule has 2 heterocycles. The Morgan fingerprint density at radius 1 is 1.71 bits per heavy atom. The summed E-state index contributed by atoms with van der Waals surface area (Å²) in [6, 6.07) is 3.67. The second-order valence-electron chi connectivity index (χ2n) is 3.50. The van der Waals surface area contributed by atoms with Crippen molar-refractivity contribution < 1.29 is 9.21 Å². The molecular weight excluding hydrogens is 180 g/mol. The van der Waals surface area contributed by atoms with Gasteiger partial charge in [0.15, 0.2) is 5.76 Å². The molecule has 0 bridgehead atoms. The van der Waals surface area contributed by atoms with Crippen LogP contribution in [0.3, 0.4) is 0 Å². The lowest BCUT2D eigenvalue weighted by atomic mass is 10.1. The molecule has 4 heteroatoms. The van der Waals surface area contributed by atoms with E-state index in [2.05, 4.69) is 17.1 Å². The Hall–Kier alpha value is -1.29. The Labute approximate surface area is 82.9 Å². The smallest absolute Gasteiger partial charge is 0.287 e. The van der Waals surface area contributed by atoms with E-state index in [1.54, 1.807) is 12.1 Å². The Kier molecular flexibility index (Phi) is 2.54. The number of furan rings is 1. The molecule has 1 aliphatic rings. The van der Waals surface area contributed by atoms with Crippen LogP contribution in [0.5, 0.6) is 0 Å². The summed E-state index contributed by atoms with van der Waals surface area (Å²) in [5.74, 6) is 0.274. The third-order valence-electron chi connectivity index (χ3n) is 2.48. The Bertz CT molecular complexity index is 302. The fourth-order valence-corrected chi connectivity index (χ4v) is 1.58. The van der Waals surface area contributed by atoms with Gasteiger partial charge in [-0.1, -0.05) is 6.92 Å². The molecule has 1 amide bonds. The van der Waals surface area contributed by atoms with Crippen molar-refractivity contribution >= 4 is 5.91 Å². The first kappa shape index (κ1) is 9.27. The average Bonchev–Trinajstić information content (AvgIpc) is 2.62. The maximum Gasteiger partial charge on any atom is 0.287 e. The third-order valence-corrected chi connectivity index (χ3v) is 2.48. The van der Waals surface area contributed by atoms with Crippen LogP contribution >= 0.6 is 0 Å². The van der Waals surface area contributed by atoms with Gasteiger partial charge in [-0.3, -0.25) is 9.69 Å². The van der Waals surface area contributed by atoms with Crippen molar-refractivity contribution in [1.82, 2.24) is 10.2 Å². The quantitative estimate of drug-likeness (QED) is 0.771. The SMILES string of the molecule is CCN1CC(NC(=O)c2ccco2)C1. The van der Waals surface area contributed by atoms with Crippen LogP contribution in [0.1, 0.15) is 17.5 Å². The van der Waals surface area contributed by atoms with Gasteiger partial charge in [0.2, 0.25) is 0 Å². The highest BCUT2D eigenvalue weighted by molar-refractivity contribution is 5.91. The summed E-state index contributed by atoms with van der Waals surface area (Å²) in [5, 5.41) is 2.91. The van der Waals surface area contributed by atoms with Crippen LogP contribution in [-0.4, -0.2) is 36.5 Å². The molecule has 1 N–H and O–H groups in total. The summed E-state index contributed by atoms with van der Waals surface area (Å²) in [5.41, 5.74) is 0. The van der Waals surface area contributed by atoms with Crippen molar-refractivity contribution in [2.45, 2.75) is 13.0 Å². The van der Waals surface area contributed by atoms with Gasteiger partial charge in [0.1, 0.15) is 0 Å². The first-order valence-electron chi connectivity index (χ1n) is 4.86. The summed E-state index contributed by atoms with van der Waals surface area (Å²) < 4.78 is 4.99. The number of carbonyl (C=O) groups is 1. The number of likely N-dealkylation sites (N-methyl/N-ethyl adjacent to an activating group) is 1. The molecule has 4 nitrogen and oxygen atoms in total. The molecule has 1 saturated heterocycles. The highest BCUT2D eigenvalue weighted by Crippen LogP contribution is 2.08. The molecule has 0 unspecified atom stereocenters. The molecule has 1 aliphatic heterocycles. The van der Waals surface area contributed by atoms with Gasteiger partial charge >= 0.3 is 0 Å². The summed E-state index contributed by atoms with van der Waals surface area (Å²) in [6.07, 6.45) is 1.51. The van der Waals surface area contributed by atoms with Gasteiger partial charge < -0.3 is 9.73 Å². The molecule has 1 aromatic heterocycles. The van der Waals surface area contributed by atoms with E-state index in [-0.39, 0.29) is 11.9 Å². The normalized spacial score (nSPS) is 17.8. The molecule has 0 atom stereocenters. The molecule has 0 aliphatic carbocycles. The molecule has 1 fully saturated rings. The van der Waals surface area contributed by atoms with E-state index in [9.17, 15) is 4.79 Å². The second-order valence-corrected chi connectivity index (χ2v) is 3.50. The van der Waals surface area contributed by atoms with Crippen molar-refractivity contribution in [3.05, 3.63) is 24.2 Å². The highest BCUT2D eigenvalue weighted by Gasteiger charge is 2.27. The fraction of sp³-hybridized carbons (Fsp3) is 0.500. The van der Waals surface area contributed by atoms with Gasteiger partial charge in [0, 0.05) is 13.1 Å². The van der Waals surface area contributed by atoms with Crippen LogP contribution in [-0.2, 0) is 0 Å². The number of hydrogen-bond donors (Lipinski definition) is 1. The van der Waals surface area contributed by atoms with Gasteiger partial charge in [-0.25, -0.2) is 0 Å². The minimum Gasteiger partial charge on any atom is -0.459 e. The maximum absolute atomic E-state index is 11.5. The minimum absolute atomic E-state index is 0.115. The summed E-state index contributed by atoms with van der Waals surface area (Å²) >= 11 is 0. The maximum atomic E-state index is 11.5. The lowest BCUT2D eigenvalue weighted by Crippen LogP contribution is -2.58. The molecule has 14 heavy (non-hydrogen) atoms. The van der Waals surface area contributed by atoms with Gasteiger partial charge in [0.05, 0.1) is 12.3 Å². The van der Waals surface area contributed by atoms with Crippen LogP contribution in [0.4, 0.5) is 0 Å². The van der Waals surface area contributed by atoms with Crippen molar-refractivity contribution in [1.29, 1.82) is 0 Å². The zero-order valence-corrected chi connectivity index (χ0v) is 8.19. The highest BCUT2D eigenvalue weighted by atomic mass is 16.3. The van der Waals surface area contributed by atoms with Crippen LogP contribution < -0.4 is 5.32 Å². The molecular formula is C10H14N2O2. The lowest BCUT2D eigenvalue weighted by molar-refractivity contribution is 0.0798. The van der Waals surface area contributed by atoms with Crippen molar-refractivity contribution in [3.63, 3.8) is 0 Å². The molecule has 76 valence electrons. The van der Waals surface area contributed by atoms with Crippen LogP contribution in [0.25, 0.3) is 0 Å².